The number of hydrogen-bond donors (Lipinski definition) is 1. The van der Waals surface area contributed by atoms with Crippen molar-refractivity contribution in [1.82, 2.24) is 10.2 Å². The number of aryl methyl sites for hydroxylation is 2. The van der Waals surface area contributed by atoms with Crippen molar-refractivity contribution in [2.45, 2.75) is 59.7 Å². The van der Waals surface area contributed by atoms with Crippen molar-refractivity contribution < 1.29 is 18.0 Å². The fourth-order valence-corrected chi connectivity index (χ4v) is 4.20. The van der Waals surface area contributed by atoms with E-state index in [9.17, 15) is 18.0 Å². The summed E-state index contributed by atoms with van der Waals surface area (Å²) in [4.78, 5) is 27.9. The number of benzene rings is 2. The van der Waals surface area contributed by atoms with Crippen molar-refractivity contribution in [1.29, 1.82) is 0 Å². The Labute approximate surface area is 197 Å². The van der Waals surface area contributed by atoms with E-state index in [1.165, 1.54) is 4.90 Å². The van der Waals surface area contributed by atoms with Crippen molar-refractivity contribution >= 4 is 27.5 Å². The van der Waals surface area contributed by atoms with Crippen LogP contribution in [-0.2, 0) is 26.2 Å². The van der Waals surface area contributed by atoms with Crippen LogP contribution in [0.3, 0.4) is 0 Å². The average molecular weight is 474 g/mol. The van der Waals surface area contributed by atoms with Crippen LogP contribution < -0.4 is 9.62 Å². The Morgan fingerprint density at radius 3 is 2.09 bits per heavy atom. The van der Waals surface area contributed by atoms with Crippen molar-refractivity contribution in [3.63, 3.8) is 0 Å². The highest BCUT2D eigenvalue weighted by atomic mass is 32.2. The molecule has 0 unspecified atom stereocenters. The molecular formula is C25H35N3O4S. The summed E-state index contributed by atoms with van der Waals surface area (Å²) in [5.41, 5.74) is 2.79. The van der Waals surface area contributed by atoms with Crippen LogP contribution in [-0.4, -0.2) is 49.5 Å². The zero-order valence-corrected chi connectivity index (χ0v) is 21.4. The molecule has 0 aromatic heterocycles. The summed E-state index contributed by atoms with van der Waals surface area (Å²) in [5.74, 6) is -0.758. The van der Waals surface area contributed by atoms with E-state index >= 15 is 0 Å². The first-order valence-electron chi connectivity index (χ1n) is 10.9. The molecule has 0 saturated heterocycles. The van der Waals surface area contributed by atoms with Crippen molar-refractivity contribution in [3.8, 4) is 0 Å². The molecule has 0 fully saturated rings. The van der Waals surface area contributed by atoms with Gasteiger partial charge in [0.05, 0.1) is 11.9 Å². The first-order chi connectivity index (χ1) is 15.2. The fourth-order valence-electron chi connectivity index (χ4n) is 3.35. The Balaban J connectivity index is 2.41. The van der Waals surface area contributed by atoms with E-state index in [1.807, 2.05) is 58.9 Å². The minimum atomic E-state index is -3.73. The monoisotopic (exact) mass is 473 g/mol. The molecule has 0 heterocycles. The lowest BCUT2D eigenvalue weighted by atomic mass is 10.1. The summed E-state index contributed by atoms with van der Waals surface area (Å²) in [7, 11) is -3.73. The van der Waals surface area contributed by atoms with Gasteiger partial charge in [-0.2, -0.15) is 0 Å². The lowest BCUT2D eigenvalue weighted by Crippen LogP contribution is -2.54. The molecule has 0 aliphatic heterocycles. The predicted octanol–water partition coefficient (Wildman–Crippen LogP) is 3.40. The smallest absolute Gasteiger partial charge is 0.244 e. The molecule has 8 heteroatoms. The van der Waals surface area contributed by atoms with Crippen LogP contribution in [0, 0.1) is 13.8 Å². The van der Waals surface area contributed by atoms with Crippen LogP contribution in [0.1, 0.15) is 44.4 Å². The van der Waals surface area contributed by atoms with Crippen LogP contribution in [0.25, 0.3) is 0 Å². The van der Waals surface area contributed by atoms with Gasteiger partial charge >= 0.3 is 0 Å². The Hall–Kier alpha value is -2.87. The largest absolute Gasteiger partial charge is 0.350 e. The van der Waals surface area contributed by atoms with Gasteiger partial charge in [-0.15, -0.1) is 0 Å². The topological polar surface area (TPSA) is 86.8 Å². The highest BCUT2D eigenvalue weighted by Crippen LogP contribution is 2.20. The van der Waals surface area contributed by atoms with Gasteiger partial charge in [-0.1, -0.05) is 42.0 Å². The molecule has 2 rings (SSSR count). The van der Waals surface area contributed by atoms with E-state index in [-0.39, 0.29) is 12.5 Å². The zero-order valence-electron chi connectivity index (χ0n) is 20.5. The third-order valence-electron chi connectivity index (χ3n) is 5.27. The Kier molecular flexibility index (Phi) is 8.30. The second-order valence-electron chi connectivity index (χ2n) is 9.47. The molecule has 2 amide bonds. The Morgan fingerprint density at radius 1 is 1.00 bits per heavy atom. The van der Waals surface area contributed by atoms with Crippen molar-refractivity contribution in [2.75, 3.05) is 17.1 Å². The molecule has 0 radical (unpaired) electrons. The highest BCUT2D eigenvalue weighted by molar-refractivity contribution is 7.92. The number of rotatable bonds is 8. The van der Waals surface area contributed by atoms with Crippen LogP contribution in [0.15, 0.2) is 48.5 Å². The average Bonchev–Trinajstić information content (AvgIpc) is 2.69. The molecule has 33 heavy (non-hydrogen) atoms. The second-order valence-corrected chi connectivity index (χ2v) is 11.4. The molecular weight excluding hydrogens is 438 g/mol. The van der Waals surface area contributed by atoms with Crippen LogP contribution in [0.5, 0.6) is 0 Å². The summed E-state index contributed by atoms with van der Waals surface area (Å²) < 4.78 is 26.2. The number of carbonyl (C=O) groups is 2. The maximum atomic E-state index is 13.5. The SMILES string of the molecule is Cc1ccc(N(CC(=O)N(Cc2ccccc2C)[C@H](C)C(=O)NC(C)(C)C)S(C)(=O)=O)cc1. The molecule has 1 atom stereocenters. The normalized spacial score (nSPS) is 12.7. The van der Waals surface area contributed by atoms with Crippen molar-refractivity contribution in [3.05, 3.63) is 65.2 Å². The highest BCUT2D eigenvalue weighted by Gasteiger charge is 2.31. The molecule has 7 nitrogen and oxygen atoms in total. The van der Waals surface area contributed by atoms with E-state index in [1.54, 1.807) is 31.2 Å². The molecule has 2 aromatic carbocycles. The van der Waals surface area contributed by atoms with Gasteiger partial charge < -0.3 is 10.2 Å². The van der Waals surface area contributed by atoms with E-state index in [0.717, 1.165) is 27.3 Å². The number of nitrogens with zero attached hydrogens (tertiary/aromatic N) is 2. The van der Waals surface area contributed by atoms with Gasteiger partial charge in [0.1, 0.15) is 12.6 Å². The lowest BCUT2D eigenvalue weighted by molar-refractivity contribution is -0.140. The number of nitrogens with one attached hydrogen (secondary N) is 1. The van der Waals surface area contributed by atoms with Crippen molar-refractivity contribution in [2.24, 2.45) is 0 Å². The quantitative estimate of drug-likeness (QED) is 0.637. The van der Waals surface area contributed by atoms with E-state index in [2.05, 4.69) is 5.32 Å². The predicted molar refractivity (Wildman–Crippen MR) is 132 cm³/mol. The van der Waals surface area contributed by atoms with Gasteiger partial charge in [0, 0.05) is 12.1 Å². The van der Waals surface area contributed by atoms with E-state index < -0.39 is 34.1 Å². The summed E-state index contributed by atoms with van der Waals surface area (Å²) in [6, 6.07) is 13.8. The number of hydrogen-bond acceptors (Lipinski definition) is 4. The lowest BCUT2D eigenvalue weighted by Gasteiger charge is -2.33. The molecule has 0 aliphatic rings. The van der Waals surface area contributed by atoms with Gasteiger partial charge in [-0.3, -0.25) is 13.9 Å². The molecule has 1 N–H and O–H groups in total. The molecule has 180 valence electrons. The minimum absolute atomic E-state index is 0.190. The maximum absolute atomic E-state index is 13.5. The van der Waals surface area contributed by atoms with Gasteiger partial charge in [-0.25, -0.2) is 8.42 Å². The second kappa shape index (κ2) is 10.4. The summed E-state index contributed by atoms with van der Waals surface area (Å²) >= 11 is 0. The third-order valence-corrected chi connectivity index (χ3v) is 6.41. The standard InChI is InChI=1S/C25H35N3O4S/c1-18-12-14-22(15-13-18)28(33(7,31)32)17-23(29)27(16-21-11-9-8-10-19(21)2)20(3)24(30)26-25(4,5)6/h8-15,20H,16-17H2,1-7H3,(H,26,30)/t20-/m1/s1. The first kappa shape index (κ1) is 26.4. The van der Waals surface area contributed by atoms with Crippen LogP contribution in [0.4, 0.5) is 5.69 Å². The minimum Gasteiger partial charge on any atom is -0.350 e. The molecule has 0 aliphatic carbocycles. The molecule has 0 spiro atoms. The summed E-state index contributed by atoms with van der Waals surface area (Å²) in [5, 5.41) is 2.91. The number of sulfonamides is 1. The van der Waals surface area contributed by atoms with Gasteiger partial charge in [0.15, 0.2) is 0 Å². The van der Waals surface area contributed by atoms with Gasteiger partial charge in [0.2, 0.25) is 21.8 Å². The Bertz CT molecular complexity index is 1090. The first-order valence-corrected chi connectivity index (χ1v) is 12.7. The fraction of sp³-hybridized carbons (Fsp3) is 0.440. The number of amides is 2. The number of anilines is 1. The van der Waals surface area contributed by atoms with Gasteiger partial charge in [-0.05, 0) is 64.8 Å². The van der Waals surface area contributed by atoms with Crippen LogP contribution >= 0.6 is 0 Å². The Morgan fingerprint density at radius 2 is 1.58 bits per heavy atom. The molecule has 2 aromatic rings. The third kappa shape index (κ3) is 7.60. The summed E-state index contributed by atoms with van der Waals surface area (Å²) in [6.45, 7) is 10.9. The van der Waals surface area contributed by atoms with Crippen LogP contribution in [0.2, 0.25) is 0 Å². The molecule has 0 bridgehead atoms. The van der Waals surface area contributed by atoms with E-state index in [0.29, 0.717) is 5.69 Å². The van der Waals surface area contributed by atoms with Gasteiger partial charge in [0.25, 0.3) is 0 Å². The number of carbonyl (C=O) groups excluding carboxylic acids is 2. The van der Waals surface area contributed by atoms with E-state index in [4.69, 9.17) is 0 Å². The molecule has 0 saturated carbocycles. The summed E-state index contributed by atoms with van der Waals surface area (Å²) in [6.07, 6.45) is 1.07. The zero-order chi connectivity index (χ0) is 25.0. The maximum Gasteiger partial charge on any atom is 0.244 e.